The van der Waals surface area contributed by atoms with Gasteiger partial charge in [0.15, 0.2) is 0 Å². The Bertz CT molecular complexity index is 944. The number of halogens is 2. The highest BCUT2D eigenvalue weighted by Gasteiger charge is 2.22. The number of likely N-dealkylation sites (tertiary alicyclic amines) is 1. The average Bonchev–Trinajstić information content (AvgIpc) is 2.88. The van der Waals surface area contributed by atoms with E-state index in [-0.39, 0.29) is 0 Å². The van der Waals surface area contributed by atoms with E-state index in [0.717, 1.165) is 48.3 Å². The van der Waals surface area contributed by atoms with Crippen LogP contribution in [0.25, 0.3) is 5.69 Å². The Morgan fingerprint density at radius 2 is 1.76 bits per heavy atom. The first kappa shape index (κ1) is 21.4. The smallest absolute Gasteiger partial charge is 0.329 e. The second kappa shape index (κ2) is 9.46. The highest BCUT2D eigenvalue weighted by molar-refractivity contribution is 6.35. The number of hydrogen-bond acceptors (Lipinski definition) is 3. The molecule has 154 valence electrons. The van der Waals surface area contributed by atoms with Crippen molar-refractivity contribution in [3.63, 3.8) is 0 Å². The number of aromatic nitrogens is 1. The van der Waals surface area contributed by atoms with Crippen LogP contribution in [0.15, 0.2) is 29.4 Å². The topological polar surface area (TPSA) is 66.7 Å². The van der Waals surface area contributed by atoms with E-state index in [1.165, 1.54) is 6.21 Å². The van der Waals surface area contributed by atoms with Gasteiger partial charge in [-0.15, -0.1) is 0 Å². The molecule has 0 bridgehead atoms. The van der Waals surface area contributed by atoms with E-state index in [1.54, 1.807) is 23.1 Å². The Kier molecular flexibility index (Phi) is 6.98. The molecule has 0 aliphatic carbocycles. The molecule has 29 heavy (non-hydrogen) atoms. The first-order valence-corrected chi connectivity index (χ1v) is 10.4. The number of nitrogens with zero attached hydrogens (tertiary/aromatic N) is 3. The first-order chi connectivity index (χ1) is 13.9. The number of carbonyl (C=O) groups excluding carboxylic acids is 2. The van der Waals surface area contributed by atoms with Gasteiger partial charge in [0.1, 0.15) is 0 Å². The molecule has 2 aromatic rings. The molecule has 0 radical (unpaired) electrons. The molecule has 2 amide bonds. The Labute approximate surface area is 180 Å². The molecule has 3 rings (SSSR count). The van der Waals surface area contributed by atoms with Crippen LogP contribution in [0, 0.1) is 13.8 Å². The summed E-state index contributed by atoms with van der Waals surface area (Å²) in [6.45, 7) is 5.12. The number of hydrazone groups is 1. The lowest BCUT2D eigenvalue weighted by atomic mass is 10.2. The molecule has 0 spiro atoms. The molecule has 1 aliphatic rings. The summed E-state index contributed by atoms with van der Waals surface area (Å²) in [7, 11) is 0. The van der Waals surface area contributed by atoms with Gasteiger partial charge in [0.2, 0.25) is 0 Å². The van der Waals surface area contributed by atoms with Crippen LogP contribution in [0.2, 0.25) is 10.0 Å². The van der Waals surface area contributed by atoms with E-state index in [0.29, 0.717) is 23.1 Å². The zero-order valence-electron chi connectivity index (χ0n) is 16.5. The zero-order valence-corrected chi connectivity index (χ0v) is 18.1. The number of amides is 2. The maximum absolute atomic E-state index is 12.3. The molecule has 1 aromatic carbocycles. The molecule has 8 heteroatoms. The number of benzene rings is 1. The molecule has 0 unspecified atom stereocenters. The number of nitrogens with one attached hydrogen (secondary N) is 1. The van der Waals surface area contributed by atoms with Gasteiger partial charge in [0.25, 0.3) is 0 Å². The fourth-order valence-electron chi connectivity index (χ4n) is 3.57. The van der Waals surface area contributed by atoms with Crippen LogP contribution in [0.3, 0.4) is 0 Å². The number of hydrogen-bond donors (Lipinski definition) is 1. The lowest BCUT2D eigenvalue weighted by Crippen LogP contribution is -2.41. The summed E-state index contributed by atoms with van der Waals surface area (Å²) in [5.74, 6) is -1.24. The molecule has 6 nitrogen and oxygen atoms in total. The summed E-state index contributed by atoms with van der Waals surface area (Å²) >= 11 is 12.5. The predicted molar refractivity (Wildman–Crippen MR) is 116 cm³/mol. The van der Waals surface area contributed by atoms with E-state index in [4.69, 9.17) is 23.2 Å². The maximum Gasteiger partial charge on any atom is 0.329 e. The number of carbonyl (C=O) groups is 2. The number of aryl methyl sites for hydroxylation is 1. The fraction of sp³-hybridized carbons (Fsp3) is 0.381. The van der Waals surface area contributed by atoms with Crippen molar-refractivity contribution in [1.82, 2.24) is 14.9 Å². The van der Waals surface area contributed by atoms with Crippen LogP contribution in [0.4, 0.5) is 0 Å². The van der Waals surface area contributed by atoms with Gasteiger partial charge in [0.05, 0.1) is 16.9 Å². The van der Waals surface area contributed by atoms with Gasteiger partial charge in [-0.1, -0.05) is 36.0 Å². The molecule has 1 aliphatic heterocycles. The van der Waals surface area contributed by atoms with E-state index in [2.05, 4.69) is 10.5 Å². The summed E-state index contributed by atoms with van der Waals surface area (Å²) in [5.41, 5.74) is 5.76. The van der Waals surface area contributed by atoms with Crippen molar-refractivity contribution < 1.29 is 9.59 Å². The van der Waals surface area contributed by atoms with E-state index in [1.807, 2.05) is 24.5 Å². The van der Waals surface area contributed by atoms with E-state index in [9.17, 15) is 9.59 Å². The molecule has 1 N–H and O–H groups in total. The summed E-state index contributed by atoms with van der Waals surface area (Å²) in [4.78, 5) is 26.0. The second-order valence-corrected chi connectivity index (χ2v) is 8.01. The minimum Gasteiger partial charge on any atom is -0.334 e. The van der Waals surface area contributed by atoms with Gasteiger partial charge in [-0.25, -0.2) is 5.43 Å². The highest BCUT2D eigenvalue weighted by Crippen LogP contribution is 2.28. The van der Waals surface area contributed by atoms with Crippen LogP contribution in [0.1, 0.15) is 42.6 Å². The Balaban J connectivity index is 1.72. The van der Waals surface area contributed by atoms with Gasteiger partial charge in [0, 0.05) is 35.1 Å². The van der Waals surface area contributed by atoms with E-state index >= 15 is 0 Å². The van der Waals surface area contributed by atoms with Gasteiger partial charge in [-0.2, -0.15) is 5.10 Å². The van der Waals surface area contributed by atoms with Crippen molar-refractivity contribution in [1.29, 1.82) is 0 Å². The van der Waals surface area contributed by atoms with Crippen molar-refractivity contribution in [3.05, 3.63) is 51.3 Å². The van der Waals surface area contributed by atoms with Crippen LogP contribution in [-0.2, 0) is 9.59 Å². The standard InChI is InChI=1S/C21H24Cl2N4O2/c1-14-11-16(15(2)27(14)19-12-17(22)7-8-18(19)23)13-24-25-20(28)21(29)26-9-5-3-4-6-10-26/h7-8,11-13H,3-6,9-10H2,1-2H3,(H,25,28)/b24-13-. The lowest BCUT2D eigenvalue weighted by molar-refractivity contribution is -0.145. The van der Waals surface area contributed by atoms with Crippen LogP contribution >= 0.6 is 23.2 Å². The molecule has 1 fully saturated rings. The minimum atomic E-state index is -0.713. The molecule has 2 heterocycles. The van der Waals surface area contributed by atoms with Crippen molar-refractivity contribution >= 4 is 41.2 Å². The number of rotatable bonds is 3. The van der Waals surface area contributed by atoms with Crippen molar-refractivity contribution in [2.24, 2.45) is 5.10 Å². The van der Waals surface area contributed by atoms with Gasteiger partial charge in [-0.3, -0.25) is 9.59 Å². The maximum atomic E-state index is 12.3. The summed E-state index contributed by atoms with van der Waals surface area (Å²) < 4.78 is 1.97. The van der Waals surface area contributed by atoms with Crippen molar-refractivity contribution in [2.45, 2.75) is 39.5 Å². The molecule has 1 aromatic heterocycles. The van der Waals surface area contributed by atoms with E-state index < -0.39 is 11.8 Å². The third-order valence-corrected chi connectivity index (χ3v) is 5.63. The second-order valence-electron chi connectivity index (χ2n) is 7.16. The van der Waals surface area contributed by atoms with Gasteiger partial charge < -0.3 is 9.47 Å². The highest BCUT2D eigenvalue weighted by atomic mass is 35.5. The van der Waals surface area contributed by atoms with Crippen molar-refractivity contribution in [2.75, 3.05) is 13.1 Å². The summed E-state index contributed by atoms with van der Waals surface area (Å²) in [6.07, 6.45) is 5.58. The molecular formula is C21H24Cl2N4O2. The largest absolute Gasteiger partial charge is 0.334 e. The molecular weight excluding hydrogens is 411 g/mol. The van der Waals surface area contributed by atoms with Crippen LogP contribution in [-0.4, -0.2) is 40.6 Å². The predicted octanol–water partition coefficient (Wildman–Crippen LogP) is 4.25. The summed E-state index contributed by atoms with van der Waals surface area (Å²) in [5, 5.41) is 5.15. The Hall–Kier alpha value is -2.31. The first-order valence-electron chi connectivity index (χ1n) is 9.65. The third kappa shape index (κ3) is 5.00. The lowest BCUT2D eigenvalue weighted by Gasteiger charge is -2.18. The van der Waals surface area contributed by atoms with Crippen LogP contribution < -0.4 is 5.43 Å². The normalized spacial score (nSPS) is 14.8. The fourth-order valence-corrected chi connectivity index (χ4v) is 3.94. The Morgan fingerprint density at radius 3 is 2.45 bits per heavy atom. The van der Waals surface area contributed by atoms with Gasteiger partial charge >= 0.3 is 11.8 Å². The third-order valence-electron chi connectivity index (χ3n) is 5.08. The molecule has 0 saturated carbocycles. The Morgan fingerprint density at radius 1 is 1.07 bits per heavy atom. The SMILES string of the molecule is Cc1cc(/C=N\NC(=O)C(=O)N2CCCCCC2)c(C)n1-c1cc(Cl)ccc1Cl. The average molecular weight is 435 g/mol. The summed E-state index contributed by atoms with van der Waals surface area (Å²) in [6, 6.07) is 7.21. The minimum absolute atomic E-state index is 0.528. The molecule has 1 saturated heterocycles. The van der Waals surface area contributed by atoms with Crippen LogP contribution in [0.5, 0.6) is 0 Å². The monoisotopic (exact) mass is 434 g/mol. The van der Waals surface area contributed by atoms with Gasteiger partial charge in [-0.05, 0) is 51.0 Å². The molecule has 0 atom stereocenters. The quantitative estimate of drug-likeness (QED) is 0.445. The zero-order chi connectivity index (χ0) is 21.0. The van der Waals surface area contributed by atoms with Crippen molar-refractivity contribution in [3.8, 4) is 5.69 Å².